The summed E-state index contributed by atoms with van der Waals surface area (Å²) in [5, 5.41) is 12.8. The molecule has 2 aliphatic rings. The van der Waals surface area contributed by atoms with Gasteiger partial charge in [-0.05, 0) is 71.6 Å². The fourth-order valence-electron chi connectivity index (χ4n) is 4.94. The van der Waals surface area contributed by atoms with Crippen LogP contribution in [0.4, 0.5) is 0 Å². The van der Waals surface area contributed by atoms with Crippen molar-refractivity contribution in [2.24, 2.45) is 5.92 Å². The molecular formula is C27H29ClO2. The maximum atomic E-state index is 9.70. The first-order chi connectivity index (χ1) is 14.6. The lowest BCUT2D eigenvalue weighted by Gasteiger charge is -2.34. The second-order valence-corrected chi connectivity index (χ2v) is 9.56. The molecule has 1 aliphatic carbocycles. The van der Waals surface area contributed by atoms with E-state index in [1.54, 1.807) is 0 Å². The Morgan fingerprint density at radius 2 is 1.73 bits per heavy atom. The summed E-state index contributed by atoms with van der Waals surface area (Å²) in [4.78, 5) is 0. The molecule has 5 rings (SSSR count). The van der Waals surface area contributed by atoms with E-state index in [1.165, 1.54) is 29.5 Å². The van der Waals surface area contributed by atoms with Gasteiger partial charge < -0.3 is 9.84 Å². The van der Waals surface area contributed by atoms with Gasteiger partial charge in [-0.1, -0.05) is 73.1 Å². The Balaban J connectivity index is 1.52. The van der Waals surface area contributed by atoms with Crippen molar-refractivity contribution < 1.29 is 9.84 Å². The number of hydrogen-bond acceptors (Lipinski definition) is 2. The minimum Gasteiger partial charge on any atom is -0.394 e. The van der Waals surface area contributed by atoms with E-state index in [-0.39, 0.29) is 18.8 Å². The molecule has 2 nitrogen and oxygen atoms in total. The maximum absolute atomic E-state index is 9.70. The van der Waals surface area contributed by atoms with Gasteiger partial charge >= 0.3 is 0 Å². The quantitative estimate of drug-likeness (QED) is 0.491. The lowest BCUT2D eigenvalue weighted by molar-refractivity contribution is -0.0894. The Hall–Kier alpha value is -1.87. The molecule has 0 aromatic heterocycles. The van der Waals surface area contributed by atoms with Crippen molar-refractivity contribution in [3.05, 3.63) is 81.9 Å². The summed E-state index contributed by atoms with van der Waals surface area (Å²) in [5.41, 5.74) is 5.09. The fourth-order valence-corrected chi connectivity index (χ4v) is 5.23. The van der Waals surface area contributed by atoms with Crippen LogP contribution in [0.15, 0.2) is 54.6 Å². The summed E-state index contributed by atoms with van der Waals surface area (Å²) in [6.07, 6.45) is 5.25. The van der Waals surface area contributed by atoms with Crippen molar-refractivity contribution in [1.82, 2.24) is 0 Å². The Labute approximate surface area is 183 Å². The first-order valence-electron chi connectivity index (χ1n) is 11.2. The molecule has 156 valence electrons. The summed E-state index contributed by atoms with van der Waals surface area (Å²) in [6, 6.07) is 19.7. The molecular weight excluding hydrogens is 392 g/mol. The Bertz CT molecular complexity index is 1040. The second-order valence-electron chi connectivity index (χ2n) is 9.18. The molecule has 3 atom stereocenters. The van der Waals surface area contributed by atoms with E-state index in [9.17, 15) is 5.11 Å². The number of benzene rings is 3. The largest absolute Gasteiger partial charge is 0.394 e. The summed E-state index contributed by atoms with van der Waals surface area (Å²) in [7, 11) is 0. The number of ether oxygens (including phenoxy) is 1. The van der Waals surface area contributed by atoms with Crippen molar-refractivity contribution in [2.45, 2.75) is 57.2 Å². The molecule has 1 N–H and O–H groups in total. The van der Waals surface area contributed by atoms with Crippen LogP contribution in [0.25, 0.3) is 10.8 Å². The highest BCUT2D eigenvalue weighted by atomic mass is 35.5. The topological polar surface area (TPSA) is 29.5 Å². The van der Waals surface area contributed by atoms with E-state index >= 15 is 0 Å². The van der Waals surface area contributed by atoms with Gasteiger partial charge in [0.15, 0.2) is 0 Å². The monoisotopic (exact) mass is 420 g/mol. The van der Waals surface area contributed by atoms with Gasteiger partial charge in [0.1, 0.15) is 0 Å². The number of aliphatic hydroxyl groups excluding tert-OH is 1. The lowest BCUT2D eigenvalue weighted by Crippen LogP contribution is -2.29. The molecule has 1 heterocycles. The SMILES string of the molecule is C[C@H]1CC(CO)O[C@@H](c2cc(Cc3ccc(C4CC4)cc3)c(Cl)c3ccccc23)C1. The third-order valence-electron chi connectivity index (χ3n) is 6.70. The summed E-state index contributed by atoms with van der Waals surface area (Å²) < 4.78 is 6.30. The van der Waals surface area contributed by atoms with Crippen molar-refractivity contribution >= 4 is 22.4 Å². The van der Waals surface area contributed by atoms with Crippen molar-refractivity contribution in [3.8, 4) is 0 Å². The molecule has 30 heavy (non-hydrogen) atoms. The molecule has 3 heteroatoms. The van der Waals surface area contributed by atoms with Gasteiger partial charge in [0, 0.05) is 5.39 Å². The third-order valence-corrected chi connectivity index (χ3v) is 7.14. The van der Waals surface area contributed by atoms with E-state index in [0.717, 1.165) is 46.5 Å². The van der Waals surface area contributed by atoms with Crippen molar-refractivity contribution in [1.29, 1.82) is 0 Å². The predicted octanol–water partition coefficient (Wildman–Crippen LogP) is 6.81. The average molecular weight is 421 g/mol. The summed E-state index contributed by atoms with van der Waals surface area (Å²) in [6.45, 7) is 2.32. The Morgan fingerprint density at radius 3 is 2.43 bits per heavy atom. The van der Waals surface area contributed by atoms with Gasteiger partial charge in [0.05, 0.1) is 23.8 Å². The first kappa shape index (κ1) is 20.1. The van der Waals surface area contributed by atoms with Gasteiger partial charge in [-0.2, -0.15) is 0 Å². The van der Waals surface area contributed by atoms with Crippen LogP contribution in [0.1, 0.15) is 66.9 Å². The molecule has 0 bridgehead atoms. The van der Waals surface area contributed by atoms with E-state index in [1.807, 2.05) is 6.07 Å². The minimum absolute atomic E-state index is 0.0101. The maximum Gasteiger partial charge on any atom is 0.0838 e. The highest BCUT2D eigenvalue weighted by Crippen LogP contribution is 2.42. The molecule has 1 saturated heterocycles. The molecule has 0 radical (unpaired) electrons. The minimum atomic E-state index is -0.0911. The molecule has 3 aromatic carbocycles. The van der Waals surface area contributed by atoms with Gasteiger partial charge in [-0.3, -0.25) is 0 Å². The zero-order chi connectivity index (χ0) is 20.7. The smallest absolute Gasteiger partial charge is 0.0838 e. The lowest BCUT2D eigenvalue weighted by atomic mass is 9.87. The predicted molar refractivity (Wildman–Crippen MR) is 123 cm³/mol. The van der Waals surface area contributed by atoms with E-state index < -0.39 is 0 Å². The van der Waals surface area contributed by atoms with E-state index in [2.05, 4.69) is 55.5 Å². The highest BCUT2D eigenvalue weighted by Gasteiger charge is 2.29. The molecule has 0 amide bonds. The van der Waals surface area contributed by atoms with Crippen LogP contribution < -0.4 is 0 Å². The molecule has 3 aromatic rings. The van der Waals surface area contributed by atoms with Crippen LogP contribution in [0.2, 0.25) is 5.02 Å². The third kappa shape index (κ3) is 4.01. The van der Waals surface area contributed by atoms with Crippen LogP contribution in [-0.2, 0) is 11.2 Å². The number of hydrogen-bond donors (Lipinski definition) is 1. The van der Waals surface area contributed by atoms with Crippen molar-refractivity contribution in [3.63, 3.8) is 0 Å². The average Bonchev–Trinajstić information content (AvgIpc) is 3.61. The highest BCUT2D eigenvalue weighted by molar-refractivity contribution is 6.36. The van der Waals surface area contributed by atoms with Gasteiger partial charge in [0.2, 0.25) is 0 Å². The summed E-state index contributed by atoms with van der Waals surface area (Å²) >= 11 is 6.90. The van der Waals surface area contributed by atoms with Crippen molar-refractivity contribution in [2.75, 3.05) is 6.61 Å². The summed E-state index contributed by atoms with van der Waals surface area (Å²) in [5.74, 6) is 1.30. The van der Waals surface area contributed by atoms with Gasteiger partial charge in [-0.25, -0.2) is 0 Å². The molecule has 1 aliphatic heterocycles. The van der Waals surface area contributed by atoms with Crippen LogP contribution in [0, 0.1) is 5.92 Å². The molecule has 2 fully saturated rings. The standard InChI is InChI=1S/C27H29ClO2/c1-17-12-22(16-29)30-26(13-17)25-15-21(27(28)24-5-3-2-4-23(24)25)14-18-6-8-19(9-7-18)20-10-11-20/h2-9,15,17,20,22,26,29H,10-14,16H2,1H3/t17-,22?,26+/m0/s1. The fraction of sp³-hybridized carbons (Fsp3) is 0.407. The first-order valence-corrected chi connectivity index (χ1v) is 11.6. The number of halogens is 1. The Kier molecular flexibility index (Phi) is 5.58. The van der Waals surface area contributed by atoms with Gasteiger partial charge in [0.25, 0.3) is 0 Å². The van der Waals surface area contributed by atoms with Crippen LogP contribution in [-0.4, -0.2) is 17.8 Å². The molecule has 0 spiro atoms. The molecule has 1 saturated carbocycles. The zero-order valence-electron chi connectivity index (χ0n) is 17.5. The number of fused-ring (bicyclic) bond motifs is 1. The Morgan fingerprint density at radius 1 is 1.00 bits per heavy atom. The van der Waals surface area contributed by atoms with Crippen LogP contribution in [0.3, 0.4) is 0 Å². The van der Waals surface area contributed by atoms with Gasteiger partial charge in [-0.15, -0.1) is 0 Å². The zero-order valence-corrected chi connectivity index (χ0v) is 18.2. The van der Waals surface area contributed by atoms with Crippen LogP contribution >= 0.6 is 11.6 Å². The van der Waals surface area contributed by atoms with E-state index in [4.69, 9.17) is 16.3 Å². The number of rotatable bonds is 5. The normalized spacial score (nSPS) is 24.3. The number of aliphatic hydroxyl groups is 1. The molecule has 1 unspecified atom stereocenters. The van der Waals surface area contributed by atoms with E-state index in [0.29, 0.717) is 5.92 Å². The van der Waals surface area contributed by atoms with Crippen LogP contribution in [0.5, 0.6) is 0 Å². The second kappa shape index (κ2) is 8.34.